The zero-order chi connectivity index (χ0) is 36.4. The first-order valence-electron chi connectivity index (χ1n) is 16.8. The lowest BCUT2D eigenvalue weighted by Crippen LogP contribution is -2.43. The first-order chi connectivity index (χ1) is 23.6. The molecule has 3 unspecified atom stereocenters. The Hall–Kier alpha value is -4.54. The molecule has 0 radical (unpaired) electrons. The number of benzene rings is 2. The van der Waals surface area contributed by atoms with Gasteiger partial charge < -0.3 is 19.7 Å². The van der Waals surface area contributed by atoms with Crippen molar-refractivity contribution in [2.75, 3.05) is 20.4 Å². The standard InChI is InChI=1S/C37H42F2N4O6Si/c1-18(2)50(19(3)4,20(5)6)12-11-23-27(38)10-9-21-13-22(49-17-48-8)14-24(28(21)23)33-31(39)34-25(15-40-33)32(41-42(34)7)29-26-16-43(37(46)47)35(30(26)29)36(44)45/h9-10,13-15,18-20,26,29-30,35H,16-17H2,1-8H3,(H,44,45)(H,46,47)/t26?,29?,30-,35?/m0/s1. The highest BCUT2D eigenvalue weighted by Gasteiger charge is 2.66. The van der Waals surface area contributed by atoms with E-state index in [4.69, 9.17) is 9.47 Å². The molecule has 0 spiro atoms. The summed E-state index contributed by atoms with van der Waals surface area (Å²) in [7, 11) is 0.802. The Balaban J connectivity index is 1.54. The van der Waals surface area contributed by atoms with Crippen LogP contribution in [0.3, 0.4) is 0 Å². The summed E-state index contributed by atoms with van der Waals surface area (Å²) in [5.74, 6) is 0.0939. The van der Waals surface area contributed by atoms with E-state index in [1.807, 2.05) is 0 Å². The summed E-state index contributed by atoms with van der Waals surface area (Å²) in [5, 5.41) is 25.4. The van der Waals surface area contributed by atoms with Crippen molar-refractivity contribution in [2.45, 2.75) is 70.1 Å². The molecule has 2 aromatic heterocycles. The number of nitrogens with zero attached hydrogens (tertiary/aromatic N) is 4. The smallest absolute Gasteiger partial charge is 0.408 e. The molecule has 2 aliphatic rings. The maximum Gasteiger partial charge on any atom is 0.408 e. The van der Waals surface area contributed by atoms with Gasteiger partial charge in [0.15, 0.2) is 12.6 Å². The number of rotatable bonds is 9. The number of aromatic nitrogens is 3. The fraction of sp³-hybridized carbons (Fsp3) is 0.459. The highest BCUT2D eigenvalue weighted by atomic mass is 28.3. The predicted molar refractivity (Wildman–Crippen MR) is 188 cm³/mol. The third-order valence-electron chi connectivity index (χ3n) is 10.9. The number of ether oxygens (including phenoxy) is 2. The molecule has 264 valence electrons. The Morgan fingerprint density at radius 3 is 2.36 bits per heavy atom. The van der Waals surface area contributed by atoms with Crippen molar-refractivity contribution in [1.29, 1.82) is 0 Å². The van der Waals surface area contributed by atoms with Crippen LogP contribution in [-0.4, -0.2) is 76.5 Å². The Morgan fingerprint density at radius 1 is 1.08 bits per heavy atom. The van der Waals surface area contributed by atoms with Crippen molar-refractivity contribution < 1.29 is 38.1 Å². The van der Waals surface area contributed by atoms with Gasteiger partial charge in [-0.3, -0.25) is 14.6 Å². The van der Waals surface area contributed by atoms with Crippen LogP contribution >= 0.6 is 0 Å². The quantitative estimate of drug-likeness (QED) is 0.105. The molecule has 1 aliphatic carbocycles. The monoisotopic (exact) mass is 704 g/mol. The minimum absolute atomic E-state index is 0.0508. The second kappa shape index (κ2) is 13.0. The van der Waals surface area contributed by atoms with Crippen LogP contribution in [0.25, 0.3) is 32.9 Å². The summed E-state index contributed by atoms with van der Waals surface area (Å²) in [4.78, 5) is 29.3. The Morgan fingerprint density at radius 2 is 1.76 bits per heavy atom. The van der Waals surface area contributed by atoms with Crippen LogP contribution < -0.4 is 4.74 Å². The van der Waals surface area contributed by atoms with Gasteiger partial charge in [0.05, 0.1) is 11.3 Å². The molecule has 6 rings (SSSR count). The summed E-state index contributed by atoms with van der Waals surface area (Å²) >= 11 is 0. The van der Waals surface area contributed by atoms with E-state index in [9.17, 15) is 19.8 Å². The van der Waals surface area contributed by atoms with Gasteiger partial charge in [0.25, 0.3) is 0 Å². The van der Waals surface area contributed by atoms with Crippen molar-refractivity contribution in [3.63, 3.8) is 0 Å². The molecule has 4 aromatic rings. The van der Waals surface area contributed by atoms with Gasteiger partial charge in [0.1, 0.15) is 36.9 Å². The van der Waals surface area contributed by atoms with E-state index >= 15 is 8.78 Å². The zero-order valence-electron chi connectivity index (χ0n) is 29.4. The van der Waals surface area contributed by atoms with E-state index in [1.54, 1.807) is 25.2 Å². The first-order valence-corrected chi connectivity index (χ1v) is 19.0. The van der Waals surface area contributed by atoms with Crippen molar-refractivity contribution in [1.82, 2.24) is 19.7 Å². The van der Waals surface area contributed by atoms with Crippen LogP contribution in [0.2, 0.25) is 16.6 Å². The van der Waals surface area contributed by atoms with Gasteiger partial charge >= 0.3 is 12.1 Å². The number of carboxylic acid groups (broad SMARTS) is 2. The molecule has 0 bridgehead atoms. The molecular weight excluding hydrogens is 663 g/mol. The van der Waals surface area contributed by atoms with E-state index < -0.39 is 43.7 Å². The summed E-state index contributed by atoms with van der Waals surface area (Å²) < 4.78 is 45.2. The summed E-state index contributed by atoms with van der Waals surface area (Å²) in [6, 6.07) is 5.12. The van der Waals surface area contributed by atoms with Gasteiger partial charge in [-0.2, -0.15) is 5.10 Å². The number of hydrogen-bond acceptors (Lipinski definition) is 6. The number of carboxylic acids is 1. The molecule has 1 saturated heterocycles. The number of carbonyl (C=O) groups is 2. The summed E-state index contributed by atoms with van der Waals surface area (Å²) in [6.07, 6.45) is 0.212. The molecule has 2 fully saturated rings. The highest BCUT2D eigenvalue weighted by molar-refractivity contribution is 6.90. The maximum absolute atomic E-state index is 16.9. The Kier molecular flexibility index (Phi) is 9.15. The zero-order valence-corrected chi connectivity index (χ0v) is 30.4. The molecular formula is C37H42F2N4O6Si. The number of piperidine rings is 1. The second-order valence-corrected chi connectivity index (χ2v) is 19.9. The van der Waals surface area contributed by atoms with Crippen LogP contribution in [0.1, 0.15) is 58.7 Å². The fourth-order valence-electron chi connectivity index (χ4n) is 8.71. The molecule has 2 N–H and O–H groups in total. The average molecular weight is 705 g/mol. The number of fused-ring (bicyclic) bond motifs is 3. The number of aliphatic carboxylic acids is 1. The van der Waals surface area contributed by atoms with Gasteiger partial charge in [-0.15, -0.1) is 5.54 Å². The van der Waals surface area contributed by atoms with E-state index in [0.717, 1.165) is 4.90 Å². The average Bonchev–Trinajstić information content (AvgIpc) is 3.39. The van der Waals surface area contributed by atoms with Crippen LogP contribution in [0.15, 0.2) is 30.5 Å². The molecule has 1 amide bonds. The summed E-state index contributed by atoms with van der Waals surface area (Å²) in [5.41, 5.74) is 5.56. The third-order valence-corrected chi connectivity index (χ3v) is 17.2. The number of likely N-dealkylation sites (tertiary alicyclic amines) is 1. The van der Waals surface area contributed by atoms with Gasteiger partial charge in [0, 0.05) is 55.1 Å². The second-order valence-electron chi connectivity index (χ2n) is 14.4. The van der Waals surface area contributed by atoms with Crippen molar-refractivity contribution in [3.8, 4) is 28.5 Å². The Bertz CT molecular complexity index is 2070. The SMILES string of the molecule is COCOc1cc(-c2ncc3c(C4C5CN(C(=O)O)C(C(=O)O)[C@@H]54)nn(C)c3c2F)c2c(C#C[Si](C(C)C)(C(C)C)C(C)C)c(F)ccc2c1. The van der Waals surface area contributed by atoms with E-state index in [-0.39, 0.29) is 47.5 Å². The van der Waals surface area contributed by atoms with Gasteiger partial charge in [0.2, 0.25) is 0 Å². The molecule has 1 aliphatic heterocycles. The topological polar surface area (TPSA) is 127 Å². The van der Waals surface area contributed by atoms with Gasteiger partial charge in [-0.05, 0) is 46.1 Å². The number of methoxy groups -OCH3 is 1. The normalized spacial score (nSPS) is 20.1. The lowest BCUT2D eigenvalue weighted by Gasteiger charge is -2.38. The number of halogens is 2. The van der Waals surface area contributed by atoms with Crippen LogP contribution in [-0.2, 0) is 16.6 Å². The maximum atomic E-state index is 16.9. The first kappa shape index (κ1) is 35.3. The number of hydrogen-bond donors (Lipinski definition) is 2. The van der Waals surface area contributed by atoms with Crippen molar-refractivity contribution >= 4 is 41.8 Å². The molecule has 2 aromatic carbocycles. The Labute approximate surface area is 290 Å². The largest absolute Gasteiger partial charge is 0.480 e. The van der Waals surface area contributed by atoms with Gasteiger partial charge in [-0.25, -0.2) is 18.4 Å². The number of amides is 1. The molecule has 1 saturated carbocycles. The van der Waals surface area contributed by atoms with Crippen LogP contribution in [0.5, 0.6) is 5.75 Å². The molecule has 50 heavy (non-hydrogen) atoms. The van der Waals surface area contributed by atoms with E-state index in [1.165, 1.54) is 24.1 Å². The molecule has 10 nitrogen and oxygen atoms in total. The third kappa shape index (κ3) is 5.49. The van der Waals surface area contributed by atoms with Crippen molar-refractivity contribution in [2.24, 2.45) is 18.9 Å². The predicted octanol–water partition coefficient (Wildman–Crippen LogP) is 7.40. The minimum atomic E-state index is -2.28. The highest BCUT2D eigenvalue weighted by Crippen LogP contribution is 2.62. The van der Waals surface area contributed by atoms with Gasteiger partial charge in [-0.1, -0.05) is 53.5 Å². The minimum Gasteiger partial charge on any atom is -0.480 e. The lowest BCUT2D eigenvalue weighted by atomic mass is 9.95. The lowest BCUT2D eigenvalue weighted by molar-refractivity contribution is -0.142. The summed E-state index contributed by atoms with van der Waals surface area (Å²) in [6.45, 7) is 13.1. The molecule has 4 atom stereocenters. The molecule has 3 heterocycles. The van der Waals surface area contributed by atoms with Crippen LogP contribution in [0, 0.1) is 34.9 Å². The van der Waals surface area contributed by atoms with Crippen LogP contribution in [0.4, 0.5) is 13.6 Å². The van der Waals surface area contributed by atoms with Crippen molar-refractivity contribution in [3.05, 3.63) is 53.4 Å². The fourth-order valence-corrected chi connectivity index (χ4v) is 13.9. The molecule has 13 heteroatoms. The number of aryl methyl sites for hydroxylation is 1. The van der Waals surface area contributed by atoms with E-state index in [0.29, 0.717) is 44.2 Å². The van der Waals surface area contributed by atoms with E-state index in [2.05, 4.69) is 63.1 Å². The number of pyridine rings is 1.